The second-order valence-electron chi connectivity index (χ2n) is 3.93. The van der Waals surface area contributed by atoms with Crippen LogP contribution in [0.3, 0.4) is 0 Å². The lowest BCUT2D eigenvalue weighted by Gasteiger charge is -2.07. The molecule has 1 heterocycles. The van der Waals surface area contributed by atoms with Crippen molar-refractivity contribution < 1.29 is 0 Å². The van der Waals surface area contributed by atoms with E-state index in [0.29, 0.717) is 0 Å². The molecule has 4 heteroatoms. The summed E-state index contributed by atoms with van der Waals surface area (Å²) in [6.07, 6.45) is 1.82. The van der Waals surface area contributed by atoms with Gasteiger partial charge in [0, 0.05) is 36.0 Å². The van der Waals surface area contributed by atoms with Gasteiger partial charge >= 0.3 is 0 Å². The molecule has 0 aliphatic carbocycles. The fourth-order valence-electron chi connectivity index (χ4n) is 1.61. The van der Waals surface area contributed by atoms with Crippen LogP contribution in [-0.2, 0) is 6.54 Å². The van der Waals surface area contributed by atoms with Gasteiger partial charge in [0.1, 0.15) is 0 Å². The number of benzene rings is 1. The molecule has 0 fully saturated rings. The molecule has 0 saturated carbocycles. The highest BCUT2D eigenvalue weighted by Crippen LogP contribution is 2.14. The summed E-state index contributed by atoms with van der Waals surface area (Å²) < 4.78 is 1.09. The minimum Gasteiger partial charge on any atom is -0.384 e. The molecule has 0 atom stereocenters. The molecule has 3 nitrogen and oxygen atoms in total. The van der Waals surface area contributed by atoms with E-state index >= 15 is 0 Å². The Balaban J connectivity index is 1.65. The highest BCUT2D eigenvalue weighted by atomic mass is 79.9. The number of nitrogens with zero attached hydrogens (tertiary/aromatic N) is 1. The van der Waals surface area contributed by atoms with E-state index in [1.807, 2.05) is 36.5 Å². The van der Waals surface area contributed by atoms with E-state index in [1.165, 1.54) is 0 Å². The van der Waals surface area contributed by atoms with E-state index in [0.717, 1.165) is 35.5 Å². The van der Waals surface area contributed by atoms with Crippen molar-refractivity contribution in [2.75, 3.05) is 18.4 Å². The molecule has 1 aromatic carbocycles. The first-order valence-corrected chi connectivity index (χ1v) is 6.74. The summed E-state index contributed by atoms with van der Waals surface area (Å²) >= 11 is 3.45. The monoisotopic (exact) mass is 305 g/mol. The van der Waals surface area contributed by atoms with E-state index in [2.05, 4.69) is 43.7 Å². The molecule has 0 radical (unpaired) electrons. The molecule has 0 bridgehead atoms. The van der Waals surface area contributed by atoms with Crippen molar-refractivity contribution >= 4 is 21.6 Å². The summed E-state index contributed by atoms with van der Waals surface area (Å²) in [6, 6.07) is 14.1. The van der Waals surface area contributed by atoms with Crippen molar-refractivity contribution in [3.05, 3.63) is 58.8 Å². The second kappa shape index (κ2) is 7.13. The van der Waals surface area contributed by atoms with Crippen molar-refractivity contribution in [1.82, 2.24) is 10.3 Å². The third kappa shape index (κ3) is 4.47. The number of rotatable bonds is 6. The van der Waals surface area contributed by atoms with Gasteiger partial charge in [-0.25, -0.2) is 0 Å². The molecular weight excluding hydrogens is 290 g/mol. The molecule has 1 aromatic heterocycles. The minimum atomic E-state index is 0.807. The summed E-state index contributed by atoms with van der Waals surface area (Å²) in [4.78, 5) is 4.26. The first-order valence-electron chi connectivity index (χ1n) is 5.95. The summed E-state index contributed by atoms with van der Waals surface area (Å²) in [6.45, 7) is 2.60. The van der Waals surface area contributed by atoms with Gasteiger partial charge in [0.2, 0.25) is 0 Å². The van der Waals surface area contributed by atoms with E-state index in [-0.39, 0.29) is 0 Å². The first-order chi connectivity index (χ1) is 8.84. The third-order valence-corrected chi connectivity index (χ3v) is 2.98. The summed E-state index contributed by atoms with van der Waals surface area (Å²) in [5.74, 6) is 0. The Morgan fingerprint density at radius 3 is 2.78 bits per heavy atom. The van der Waals surface area contributed by atoms with Gasteiger partial charge in [0.05, 0.1) is 5.69 Å². The van der Waals surface area contributed by atoms with E-state index < -0.39 is 0 Å². The maximum atomic E-state index is 4.26. The molecule has 0 aliphatic rings. The molecule has 0 unspecified atom stereocenters. The van der Waals surface area contributed by atoms with E-state index in [9.17, 15) is 0 Å². The normalized spacial score (nSPS) is 10.3. The van der Waals surface area contributed by atoms with Crippen LogP contribution in [0.4, 0.5) is 5.69 Å². The van der Waals surface area contributed by atoms with Gasteiger partial charge in [-0.05, 0) is 30.3 Å². The average molecular weight is 306 g/mol. The third-order valence-electron chi connectivity index (χ3n) is 2.49. The Morgan fingerprint density at radius 2 is 2.00 bits per heavy atom. The number of nitrogens with one attached hydrogen (secondary N) is 2. The molecule has 18 heavy (non-hydrogen) atoms. The Morgan fingerprint density at radius 1 is 1.06 bits per heavy atom. The lowest BCUT2D eigenvalue weighted by molar-refractivity contribution is 0.693. The topological polar surface area (TPSA) is 37.0 Å². The van der Waals surface area contributed by atoms with Gasteiger partial charge in [-0.2, -0.15) is 0 Å². The van der Waals surface area contributed by atoms with Crippen molar-refractivity contribution in [3.8, 4) is 0 Å². The molecule has 0 saturated heterocycles. The van der Waals surface area contributed by atoms with Crippen LogP contribution in [0.1, 0.15) is 5.69 Å². The fraction of sp³-hybridized carbons (Fsp3) is 0.214. The highest BCUT2D eigenvalue weighted by Gasteiger charge is 1.94. The van der Waals surface area contributed by atoms with E-state index in [1.54, 1.807) is 0 Å². The second-order valence-corrected chi connectivity index (χ2v) is 4.85. The molecule has 2 rings (SSSR count). The van der Waals surface area contributed by atoms with Crippen molar-refractivity contribution in [2.24, 2.45) is 0 Å². The number of anilines is 1. The molecule has 2 aromatic rings. The predicted molar refractivity (Wildman–Crippen MR) is 78.6 cm³/mol. The Labute approximate surface area is 116 Å². The summed E-state index contributed by atoms with van der Waals surface area (Å²) in [5.41, 5.74) is 2.20. The number of hydrogen-bond donors (Lipinski definition) is 2. The lowest BCUT2D eigenvalue weighted by atomic mass is 10.3. The van der Waals surface area contributed by atoms with Gasteiger partial charge in [0.15, 0.2) is 0 Å². The average Bonchev–Trinajstić information content (AvgIpc) is 2.40. The van der Waals surface area contributed by atoms with Crippen LogP contribution in [-0.4, -0.2) is 18.1 Å². The molecule has 0 amide bonds. The molecule has 2 N–H and O–H groups in total. The van der Waals surface area contributed by atoms with E-state index in [4.69, 9.17) is 0 Å². The first kappa shape index (κ1) is 13.1. The molecular formula is C14H16BrN3. The number of pyridine rings is 1. The molecule has 0 aliphatic heterocycles. The SMILES string of the molecule is Brc1cccc(NCCNCc2ccccn2)c1. The zero-order valence-electron chi connectivity index (χ0n) is 10.1. The van der Waals surface area contributed by atoms with Crippen LogP contribution < -0.4 is 10.6 Å². The van der Waals surface area contributed by atoms with Crippen LogP contribution in [0.2, 0.25) is 0 Å². The summed E-state index contributed by atoms with van der Waals surface area (Å²) in [5, 5.41) is 6.71. The number of aromatic nitrogens is 1. The zero-order valence-corrected chi connectivity index (χ0v) is 11.7. The van der Waals surface area contributed by atoms with Gasteiger partial charge < -0.3 is 10.6 Å². The summed E-state index contributed by atoms with van der Waals surface area (Å²) in [7, 11) is 0. The maximum absolute atomic E-state index is 4.26. The van der Waals surface area contributed by atoms with Crippen LogP contribution in [0.25, 0.3) is 0 Å². The number of hydrogen-bond acceptors (Lipinski definition) is 3. The Bertz CT molecular complexity index is 473. The molecule has 94 valence electrons. The standard InChI is InChI=1S/C14H16BrN3/c15-12-4-3-6-13(10-12)18-9-8-16-11-14-5-1-2-7-17-14/h1-7,10,16,18H,8-9,11H2. The van der Waals surface area contributed by atoms with Crippen LogP contribution in [0, 0.1) is 0 Å². The van der Waals surface area contributed by atoms with Gasteiger partial charge in [0.25, 0.3) is 0 Å². The largest absolute Gasteiger partial charge is 0.384 e. The van der Waals surface area contributed by atoms with Crippen molar-refractivity contribution in [3.63, 3.8) is 0 Å². The van der Waals surface area contributed by atoms with Crippen LogP contribution in [0.5, 0.6) is 0 Å². The van der Waals surface area contributed by atoms with Crippen LogP contribution >= 0.6 is 15.9 Å². The lowest BCUT2D eigenvalue weighted by Crippen LogP contribution is -2.22. The van der Waals surface area contributed by atoms with Crippen molar-refractivity contribution in [1.29, 1.82) is 0 Å². The van der Waals surface area contributed by atoms with Gasteiger partial charge in [-0.1, -0.05) is 28.1 Å². The predicted octanol–water partition coefficient (Wildman–Crippen LogP) is 3.05. The molecule has 0 spiro atoms. The van der Waals surface area contributed by atoms with Crippen LogP contribution in [0.15, 0.2) is 53.1 Å². The number of halogens is 1. The van der Waals surface area contributed by atoms with Gasteiger partial charge in [-0.3, -0.25) is 4.98 Å². The quantitative estimate of drug-likeness (QED) is 0.806. The minimum absolute atomic E-state index is 0.807. The smallest absolute Gasteiger partial charge is 0.0541 e. The Kier molecular flexibility index (Phi) is 5.17. The highest BCUT2D eigenvalue weighted by molar-refractivity contribution is 9.10. The maximum Gasteiger partial charge on any atom is 0.0541 e. The van der Waals surface area contributed by atoms with Crippen molar-refractivity contribution in [2.45, 2.75) is 6.54 Å². The fourth-order valence-corrected chi connectivity index (χ4v) is 2.01. The zero-order chi connectivity index (χ0) is 12.6. The van der Waals surface area contributed by atoms with Gasteiger partial charge in [-0.15, -0.1) is 0 Å². The Hall–Kier alpha value is -1.39.